The second-order valence-corrected chi connectivity index (χ2v) is 15.5. The molecule has 2 N–H and O–H groups in total. The summed E-state index contributed by atoms with van der Waals surface area (Å²) in [6.45, 7) is 9.92. The summed E-state index contributed by atoms with van der Waals surface area (Å²) < 4.78 is 19.3. The molecule has 0 heterocycles. The first-order valence-electron chi connectivity index (χ1n) is 17.7. The molecule has 4 aliphatic rings. The van der Waals surface area contributed by atoms with Gasteiger partial charge in [-0.2, -0.15) is 0 Å². The van der Waals surface area contributed by atoms with Crippen LogP contribution < -0.4 is 0 Å². The molecule has 2 saturated carbocycles. The molecule has 0 radical (unpaired) electrons. The van der Waals surface area contributed by atoms with E-state index in [4.69, 9.17) is 14.2 Å². The van der Waals surface area contributed by atoms with Crippen molar-refractivity contribution in [2.75, 3.05) is 6.61 Å². The van der Waals surface area contributed by atoms with E-state index in [1.807, 2.05) is 111 Å². The number of aliphatic hydroxyl groups is 2. The van der Waals surface area contributed by atoms with Gasteiger partial charge in [0.25, 0.3) is 0 Å². The summed E-state index contributed by atoms with van der Waals surface area (Å²) in [6, 6.07) is 29.8. The van der Waals surface area contributed by atoms with E-state index in [0.29, 0.717) is 11.1 Å². The Morgan fingerprint density at radius 1 is 0.824 bits per heavy atom. The molecule has 1 unspecified atom stereocenters. The molecule has 0 aliphatic heterocycles. The van der Waals surface area contributed by atoms with Crippen molar-refractivity contribution in [1.82, 2.24) is 0 Å². The fourth-order valence-electron chi connectivity index (χ4n) is 10.2. The third-order valence-electron chi connectivity index (χ3n) is 12.4. The molecule has 0 amide bonds. The van der Waals surface area contributed by atoms with Gasteiger partial charge < -0.3 is 24.4 Å². The van der Waals surface area contributed by atoms with Gasteiger partial charge in [-0.25, -0.2) is 0 Å². The number of hydrogen-bond acceptors (Lipinski definition) is 8. The topological polar surface area (TPSA) is 119 Å². The fourth-order valence-corrected chi connectivity index (χ4v) is 10.2. The predicted molar refractivity (Wildman–Crippen MR) is 190 cm³/mol. The van der Waals surface area contributed by atoms with Gasteiger partial charge in [-0.05, 0) is 34.8 Å². The summed E-state index contributed by atoms with van der Waals surface area (Å²) in [5.41, 5.74) is -3.15. The summed E-state index contributed by atoms with van der Waals surface area (Å²) in [4.78, 5) is 39.3. The maximum Gasteiger partial charge on any atom is 0.303 e. The average Bonchev–Trinajstić information content (AvgIpc) is 3.53. The number of carbonyl (C=O) groups is 3. The van der Waals surface area contributed by atoms with Crippen LogP contribution in [0.25, 0.3) is 0 Å². The Morgan fingerprint density at radius 2 is 1.33 bits per heavy atom. The molecule has 4 aliphatic carbocycles. The first-order valence-corrected chi connectivity index (χ1v) is 17.7. The average molecular weight is 691 g/mol. The second kappa shape index (κ2) is 12.1. The van der Waals surface area contributed by atoms with Crippen molar-refractivity contribution in [2.45, 2.75) is 76.5 Å². The molecule has 8 nitrogen and oxygen atoms in total. The van der Waals surface area contributed by atoms with Crippen molar-refractivity contribution in [3.8, 4) is 0 Å². The van der Waals surface area contributed by atoms with Gasteiger partial charge in [0.05, 0.1) is 12.2 Å². The highest BCUT2D eigenvalue weighted by Gasteiger charge is 2.87. The van der Waals surface area contributed by atoms with Crippen LogP contribution in [0.15, 0.2) is 114 Å². The number of Topliss-reactive ketones (excluding diaryl/α,β-unsaturated/α-hetero) is 1. The third kappa shape index (κ3) is 4.94. The Labute approximate surface area is 299 Å². The first kappa shape index (κ1) is 35.1. The molecule has 266 valence electrons. The monoisotopic (exact) mass is 690 g/mol. The number of rotatable bonds is 8. The molecule has 0 aromatic heterocycles. The molecule has 8 heteroatoms. The second-order valence-electron chi connectivity index (χ2n) is 15.5. The van der Waals surface area contributed by atoms with Gasteiger partial charge in [0.1, 0.15) is 17.3 Å². The minimum absolute atomic E-state index is 0.00207. The van der Waals surface area contributed by atoms with Crippen molar-refractivity contribution in [1.29, 1.82) is 0 Å². The van der Waals surface area contributed by atoms with Crippen LogP contribution >= 0.6 is 0 Å². The Morgan fingerprint density at radius 3 is 1.80 bits per heavy atom. The molecular formula is C43H46O8. The molecule has 2 fully saturated rings. The van der Waals surface area contributed by atoms with Crippen molar-refractivity contribution >= 4 is 17.7 Å². The number of ketones is 1. The normalized spacial score (nSPS) is 33.4. The summed E-state index contributed by atoms with van der Waals surface area (Å²) in [5, 5.41) is 25.7. The first-order chi connectivity index (χ1) is 24.2. The zero-order valence-corrected chi connectivity index (χ0v) is 30.0. The maximum absolute atomic E-state index is 14.0. The lowest BCUT2D eigenvalue weighted by atomic mass is 9.59. The summed E-state index contributed by atoms with van der Waals surface area (Å²) in [7, 11) is 0. The molecule has 0 saturated heterocycles. The number of benzene rings is 3. The van der Waals surface area contributed by atoms with E-state index in [1.54, 1.807) is 19.9 Å². The molecular weight excluding hydrogens is 644 g/mol. The van der Waals surface area contributed by atoms with E-state index < -0.39 is 75.3 Å². The molecule has 7 rings (SSSR count). The Bertz CT molecular complexity index is 1820. The van der Waals surface area contributed by atoms with Gasteiger partial charge in [0.15, 0.2) is 11.4 Å². The van der Waals surface area contributed by atoms with E-state index in [9.17, 15) is 24.6 Å². The van der Waals surface area contributed by atoms with Crippen LogP contribution in [-0.4, -0.2) is 57.4 Å². The van der Waals surface area contributed by atoms with Crippen molar-refractivity contribution in [3.05, 3.63) is 131 Å². The van der Waals surface area contributed by atoms with Crippen LogP contribution in [0.5, 0.6) is 0 Å². The molecule has 0 spiro atoms. The Hall–Kier alpha value is -4.37. The van der Waals surface area contributed by atoms with Crippen LogP contribution in [0, 0.1) is 29.1 Å². The minimum Gasteiger partial charge on any atom is -0.458 e. The van der Waals surface area contributed by atoms with Crippen molar-refractivity contribution in [2.24, 2.45) is 29.1 Å². The van der Waals surface area contributed by atoms with E-state index in [2.05, 4.69) is 0 Å². The summed E-state index contributed by atoms with van der Waals surface area (Å²) in [5.74, 6) is -4.66. The van der Waals surface area contributed by atoms with Crippen molar-refractivity contribution < 1.29 is 38.8 Å². The lowest BCUT2D eigenvalue weighted by molar-refractivity contribution is -0.227. The SMILES string of the molecule is CC(=O)O[C@@H]1[C@@H](C)[C@]2(O)[C@@H]3C=C(C)C(=O)C3(O)CC(COC(c3ccccc3)(c3ccccc3)c3ccccc3)=C[C@H]2[C@@H]2C(C)(C)[C@]12OC(C)=O. The number of esters is 2. The number of fused-ring (bicyclic) bond motifs is 5. The van der Waals surface area contributed by atoms with Gasteiger partial charge in [-0.3, -0.25) is 14.4 Å². The number of ether oxygens (including phenoxy) is 3. The number of hydrogen-bond donors (Lipinski definition) is 2. The quantitative estimate of drug-likeness (QED) is 0.166. The Kier molecular flexibility index (Phi) is 8.32. The standard InChI is InChI=1S/C43H46O8/c1-26-22-35-40(47,37(26)46)24-30(23-34-36-39(5,6)43(36,51-29(4)45)38(50-28(3)44)27(2)41(34,35)48)25-49-42(31-16-10-7-11-17-31,32-18-12-8-13-19-32)33-20-14-9-15-21-33/h7-23,27,34-36,38,47-48H,24-25H2,1-6H3/t27-,34+,35-,36-,38-,40?,41-,43-/m1/s1. The summed E-state index contributed by atoms with van der Waals surface area (Å²) in [6.07, 6.45) is 2.50. The zero-order chi connectivity index (χ0) is 36.6. The van der Waals surface area contributed by atoms with Crippen molar-refractivity contribution in [3.63, 3.8) is 0 Å². The van der Waals surface area contributed by atoms with E-state index in [-0.39, 0.29) is 13.0 Å². The molecule has 3 aromatic carbocycles. The molecule has 51 heavy (non-hydrogen) atoms. The van der Waals surface area contributed by atoms with Gasteiger partial charge in [-0.15, -0.1) is 0 Å². The highest BCUT2D eigenvalue weighted by molar-refractivity contribution is 6.04. The largest absolute Gasteiger partial charge is 0.458 e. The smallest absolute Gasteiger partial charge is 0.303 e. The fraction of sp³-hybridized carbons (Fsp3) is 0.419. The van der Waals surface area contributed by atoms with Crippen LogP contribution in [0.3, 0.4) is 0 Å². The third-order valence-corrected chi connectivity index (χ3v) is 12.4. The molecule has 3 aromatic rings. The van der Waals surface area contributed by atoms with E-state index in [0.717, 1.165) is 16.7 Å². The highest BCUT2D eigenvalue weighted by atomic mass is 16.6. The minimum atomic E-state index is -1.99. The lowest BCUT2D eigenvalue weighted by Gasteiger charge is -2.53. The number of carbonyl (C=O) groups excluding carboxylic acids is 3. The van der Waals surface area contributed by atoms with Gasteiger partial charge >= 0.3 is 11.9 Å². The van der Waals surface area contributed by atoms with Crippen LogP contribution in [-0.2, 0) is 34.2 Å². The highest BCUT2D eigenvalue weighted by Crippen LogP contribution is 2.77. The van der Waals surface area contributed by atoms with Gasteiger partial charge in [0.2, 0.25) is 0 Å². The zero-order valence-electron chi connectivity index (χ0n) is 30.0. The van der Waals surface area contributed by atoms with E-state index in [1.165, 1.54) is 13.8 Å². The van der Waals surface area contributed by atoms with Gasteiger partial charge in [-0.1, -0.05) is 124 Å². The predicted octanol–water partition coefficient (Wildman–Crippen LogP) is 6.09. The molecule has 0 bridgehead atoms. The summed E-state index contributed by atoms with van der Waals surface area (Å²) >= 11 is 0. The van der Waals surface area contributed by atoms with E-state index >= 15 is 0 Å². The lowest BCUT2D eigenvalue weighted by Crippen LogP contribution is -2.66. The van der Waals surface area contributed by atoms with Crippen LogP contribution in [0.4, 0.5) is 0 Å². The van der Waals surface area contributed by atoms with Gasteiger partial charge in [0, 0.05) is 49.4 Å². The molecule has 8 atom stereocenters. The van der Waals surface area contributed by atoms with Crippen LogP contribution in [0.1, 0.15) is 64.7 Å². The van der Waals surface area contributed by atoms with Crippen LogP contribution in [0.2, 0.25) is 0 Å². The Balaban J connectivity index is 1.41. The maximum atomic E-state index is 14.0.